The number of anilines is 1. The summed E-state index contributed by atoms with van der Waals surface area (Å²) in [5.41, 5.74) is 1.23. The molecule has 34 heavy (non-hydrogen) atoms. The van der Waals surface area contributed by atoms with Crippen LogP contribution in [0.2, 0.25) is 0 Å². The van der Waals surface area contributed by atoms with Gasteiger partial charge in [0.2, 0.25) is 23.6 Å². The highest BCUT2D eigenvalue weighted by atomic mass is 32.2. The SMILES string of the molecule is COc1cc(OC)nc(NC(=O)CSc2nnc(Cc3cccs3)n2CCc2ccccc2)n1. The van der Waals surface area contributed by atoms with E-state index in [2.05, 4.69) is 53.6 Å². The van der Waals surface area contributed by atoms with E-state index in [1.54, 1.807) is 11.3 Å². The molecule has 0 atom stereocenters. The van der Waals surface area contributed by atoms with Gasteiger partial charge in [-0.3, -0.25) is 10.1 Å². The van der Waals surface area contributed by atoms with Crippen LogP contribution in [0.1, 0.15) is 16.3 Å². The van der Waals surface area contributed by atoms with Gasteiger partial charge in [-0.05, 0) is 23.4 Å². The van der Waals surface area contributed by atoms with Crippen molar-refractivity contribution < 1.29 is 14.3 Å². The summed E-state index contributed by atoms with van der Waals surface area (Å²) >= 11 is 3.01. The molecule has 0 aliphatic carbocycles. The van der Waals surface area contributed by atoms with Crippen LogP contribution < -0.4 is 14.8 Å². The van der Waals surface area contributed by atoms with Gasteiger partial charge in [0, 0.05) is 17.8 Å². The quantitative estimate of drug-likeness (QED) is 0.314. The third-order valence-corrected chi connectivity index (χ3v) is 6.70. The summed E-state index contributed by atoms with van der Waals surface area (Å²) in [7, 11) is 2.97. The first kappa shape index (κ1) is 23.7. The third-order valence-electron chi connectivity index (χ3n) is 4.85. The van der Waals surface area contributed by atoms with Crippen molar-refractivity contribution in [1.29, 1.82) is 0 Å². The number of aryl methyl sites for hydroxylation is 1. The van der Waals surface area contributed by atoms with Crippen molar-refractivity contribution in [2.75, 3.05) is 25.3 Å². The minimum Gasteiger partial charge on any atom is -0.481 e. The number of nitrogens with one attached hydrogen (secondary N) is 1. The van der Waals surface area contributed by atoms with Gasteiger partial charge in [0.1, 0.15) is 5.82 Å². The van der Waals surface area contributed by atoms with Gasteiger partial charge in [-0.15, -0.1) is 21.5 Å². The molecule has 3 aromatic heterocycles. The normalized spacial score (nSPS) is 10.8. The Morgan fingerprint density at radius 2 is 1.82 bits per heavy atom. The van der Waals surface area contributed by atoms with Crippen LogP contribution in [0, 0.1) is 0 Å². The molecule has 0 spiro atoms. The van der Waals surface area contributed by atoms with E-state index < -0.39 is 0 Å². The van der Waals surface area contributed by atoms with Crippen molar-refractivity contribution in [2.24, 2.45) is 0 Å². The molecule has 0 unspecified atom stereocenters. The molecule has 3 heterocycles. The average molecular weight is 497 g/mol. The lowest BCUT2D eigenvalue weighted by atomic mass is 10.1. The summed E-state index contributed by atoms with van der Waals surface area (Å²) in [5, 5.41) is 14.2. The lowest BCUT2D eigenvalue weighted by molar-refractivity contribution is -0.113. The number of thiophene rings is 1. The Bertz CT molecular complexity index is 1190. The smallest absolute Gasteiger partial charge is 0.237 e. The monoisotopic (exact) mass is 496 g/mol. The molecule has 0 saturated carbocycles. The molecule has 0 aliphatic heterocycles. The maximum atomic E-state index is 12.6. The Kier molecular flexibility index (Phi) is 8.10. The summed E-state index contributed by atoms with van der Waals surface area (Å²) in [6.45, 7) is 0.720. The van der Waals surface area contributed by atoms with Gasteiger partial charge < -0.3 is 14.0 Å². The predicted molar refractivity (Wildman–Crippen MR) is 132 cm³/mol. The van der Waals surface area contributed by atoms with E-state index >= 15 is 0 Å². The Hall–Kier alpha value is -3.44. The van der Waals surface area contributed by atoms with Crippen LogP contribution in [-0.2, 0) is 24.2 Å². The van der Waals surface area contributed by atoms with Crippen LogP contribution in [0.4, 0.5) is 5.95 Å². The lowest BCUT2D eigenvalue weighted by Gasteiger charge is -2.10. The summed E-state index contributed by atoms with van der Waals surface area (Å²) < 4.78 is 12.3. The van der Waals surface area contributed by atoms with Gasteiger partial charge in [0.05, 0.1) is 26.0 Å². The Morgan fingerprint density at radius 1 is 1.06 bits per heavy atom. The molecule has 0 saturated heterocycles. The second-order valence-electron chi connectivity index (χ2n) is 7.16. The number of amides is 1. The van der Waals surface area contributed by atoms with Gasteiger partial charge in [0.25, 0.3) is 0 Å². The third kappa shape index (κ3) is 6.33. The number of carbonyl (C=O) groups is 1. The second kappa shape index (κ2) is 11.6. The van der Waals surface area contributed by atoms with Crippen molar-refractivity contribution in [3.63, 3.8) is 0 Å². The van der Waals surface area contributed by atoms with Crippen molar-refractivity contribution in [2.45, 2.75) is 24.5 Å². The molecule has 9 nitrogen and oxygen atoms in total. The Morgan fingerprint density at radius 3 is 2.50 bits per heavy atom. The fraction of sp³-hybridized carbons (Fsp3) is 0.261. The maximum absolute atomic E-state index is 12.6. The van der Waals surface area contributed by atoms with Crippen LogP contribution in [0.5, 0.6) is 11.8 Å². The zero-order valence-corrected chi connectivity index (χ0v) is 20.4. The first-order valence-electron chi connectivity index (χ1n) is 10.5. The first-order chi connectivity index (χ1) is 16.6. The number of ether oxygens (including phenoxy) is 2. The number of nitrogens with zero attached hydrogens (tertiary/aromatic N) is 5. The lowest BCUT2D eigenvalue weighted by Crippen LogP contribution is -2.17. The summed E-state index contributed by atoms with van der Waals surface area (Å²) in [6, 6.07) is 15.9. The number of rotatable bonds is 11. The van der Waals surface area contributed by atoms with Crippen LogP contribution in [0.25, 0.3) is 0 Å². The van der Waals surface area contributed by atoms with E-state index in [0.717, 1.165) is 18.8 Å². The van der Waals surface area contributed by atoms with Crippen molar-refractivity contribution in [3.05, 3.63) is 70.2 Å². The Balaban J connectivity index is 1.45. The fourth-order valence-corrected chi connectivity index (χ4v) is 4.68. The molecule has 11 heteroatoms. The van der Waals surface area contributed by atoms with E-state index in [9.17, 15) is 4.79 Å². The zero-order valence-electron chi connectivity index (χ0n) is 18.8. The molecule has 4 aromatic rings. The topological polar surface area (TPSA) is 104 Å². The van der Waals surface area contributed by atoms with Crippen LogP contribution in [0.3, 0.4) is 0 Å². The molecule has 1 aromatic carbocycles. The summed E-state index contributed by atoms with van der Waals surface area (Å²) in [6.07, 6.45) is 1.54. The van der Waals surface area contributed by atoms with Crippen molar-refractivity contribution >= 4 is 35.0 Å². The molecule has 0 radical (unpaired) electrons. The van der Waals surface area contributed by atoms with E-state index in [1.807, 2.05) is 24.3 Å². The minimum atomic E-state index is -0.266. The predicted octanol–water partition coefficient (Wildman–Crippen LogP) is 3.71. The second-order valence-corrected chi connectivity index (χ2v) is 9.13. The van der Waals surface area contributed by atoms with Gasteiger partial charge in [0.15, 0.2) is 5.16 Å². The molecule has 4 rings (SSSR count). The van der Waals surface area contributed by atoms with E-state index in [1.165, 1.54) is 42.5 Å². The molecule has 0 aliphatic rings. The highest BCUT2D eigenvalue weighted by molar-refractivity contribution is 7.99. The number of hydrogen-bond acceptors (Lipinski definition) is 9. The van der Waals surface area contributed by atoms with E-state index in [4.69, 9.17) is 9.47 Å². The molecule has 0 bridgehead atoms. The number of thioether (sulfide) groups is 1. The van der Waals surface area contributed by atoms with E-state index in [0.29, 0.717) is 23.3 Å². The summed E-state index contributed by atoms with van der Waals surface area (Å²) in [5.74, 6) is 1.46. The maximum Gasteiger partial charge on any atom is 0.237 e. The fourth-order valence-electron chi connectivity index (χ4n) is 3.20. The van der Waals surface area contributed by atoms with Crippen molar-refractivity contribution in [1.82, 2.24) is 24.7 Å². The van der Waals surface area contributed by atoms with Gasteiger partial charge >= 0.3 is 0 Å². The number of benzene rings is 1. The molecule has 1 N–H and O–H groups in total. The number of hydrogen-bond donors (Lipinski definition) is 1. The zero-order chi connectivity index (χ0) is 23.8. The van der Waals surface area contributed by atoms with E-state index in [-0.39, 0.29) is 17.6 Å². The Labute approximate surface area is 205 Å². The number of carbonyl (C=O) groups excluding carboxylic acids is 1. The number of aromatic nitrogens is 5. The van der Waals surface area contributed by atoms with Crippen LogP contribution in [0.15, 0.2) is 59.1 Å². The van der Waals surface area contributed by atoms with Gasteiger partial charge in [-0.1, -0.05) is 48.2 Å². The largest absolute Gasteiger partial charge is 0.481 e. The molecule has 0 fully saturated rings. The average Bonchev–Trinajstić information content (AvgIpc) is 3.52. The highest BCUT2D eigenvalue weighted by Crippen LogP contribution is 2.22. The standard InChI is InChI=1S/C23H24N6O3S2/c1-31-20-14-21(32-2)26-22(25-20)24-19(30)15-34-23-28-27-18(13-17-9-6-12-33-17)29(23)11-10-16-7-4-3-5-8-16/h3-9,12,14H,10-11,13,15H2,1-2H3,(H,24,25,26,30). The van der Waals surface area contributed by atoms with Crippen molar-refractivity contribution in [3.8, 4) is 11.8 Å². The molecule has 176 valence electrons. The number of methoxy groups -OCH3 is 2. The highest BCUT2D eigenvalue weighted by Gasteiger charge is 2.16. The minimum absolute atomic E-state index is 0.116. The van der Waals surface area contributed by atoms with Gasteiger partial charge in [-0.2, -0.15) is 9.97 Å². The summed E-state index contributed by atoms with van der Waals surface area (Å²) in [4.78, 5) is 22.1. The van der Waals surface area contributed by atoms with Crippen LogP contribution >= 0.6 is 23.1 Å². The van der Waals surface area contributed by atoms with Gasteiger partial charge in [-0.25, -0.2) is 0 Å². The molecular weight excluding hydrogens is 472 g/mol. The molecular formula is C23H24N6O3S2. The van der Waals surface area contributed by atoms with Crippen LogP contribution in [-0.4, -0.2) is 50.6 Å². The molecule has 1 amide bonds. The first-order valence-corrected chi connectivity index (χ1v) is 12.4.